The summed E-state index contributed by atoms with van der Waals surface area (Å²) in [5.74, 6) is -1.30. The Labute approximate surface area is 141 Å². The molecule has 1 N–H and O–H groups in total. The van der Waals surface area contributed by atoms with Gasteiger partial charge in [-0.1, -0.05) is 13.0 Å². The van der Waals surface area contributed by atoms with Gasteiger partial charge in [-0.3, -0.25) is 9.59 Å². The minimum absolute atomic E-state index is 0.00834. The molecule has 3 rings (SSSR count). The van der Waals surface area contributed by atoms with Crippen LogP contribution in [0.15, 0.2) is 29.2 Å². The van der Waals surface area contributed by atoms with Gasteiger partial charge in [-0.05, 0) is 42.9 Å². The summed E-state index contributed by atoms with van der Waals surface area (Å²) >= 11 is 0. The average molecular weight is 351 g/mol. The maximum absolute atomic E-state index is 12.7. The largest absolute Gasteiger partial charge is 0.481 e. The quantitative estimate of drug-likeness (QED) is 0.871. The number of hydrogen-bond acceptors (Lipinski definition) is 4. The molecule has 1 aliphatic heterocycles. The monoisotopic (exact) mass is 351 g/mol. The summed E-state index contributed by atoms with van der Waals surface area (Å²) in [6, 6.07) is 6.00. The molecule has 1 aromatic carbocycles. The van der Waals surface area contributed by atoms with E-state index in [0.717, 1.165) is 12.8 Å². The van der Waals surface area contributed by atoms with Crippen molar-refractivity contribution in [2.75, 3.05) is 18.8 Å². The first-order valence-corrected chi connectivity index (χ1v) is 9.83. The summed E-state index contributed by atoms with van der Waals surface area (Å²) in [6.07, 6.45) is 2.06. The summed E-state index contributed by atoms with van der Waals surface area (Å²) in [4.78, 5) is 25.8. The Bertz CT molecular complexity index is 769. The lowest BCUT2D eigenvalue weighted by atomic mass is 9.92. The zero-order chi connectivity index (χ0) is 17.5. The van der Waals surface area contributed by atoms with Crippen LogP contribution in [0.1, 0.15) is 30.1 Å². The van der Waals surface area contributed by atoms with Crippen LogP contribution in [0.25, 0.3) is 0 Å². The van der Waals surface area contributed by atoms with E-state index in [9.17, 15) is 23.1 Å². The predicted octanol–water partition coefficient (Wildman–Crippen LogP) is 1.66. The molecule has 1 aromatic rings. The molecule has 0 unspecified atom stereocenters. The number of amides is 1. The molecule has 2 aliphatic rings. The fraction of sp³-hybridized carbons (Fsp3) is 0.529. The van der Waals surface area contributed by atoms with Crippen LogP contribution >= 0.6 is 0 Å². The first-order chi connectivity index (χ1) is 11.3. The van der Waals surface area contributed by atoms with E-state index in [4.69, 9.17) is 0 Å². The molecule has 0 spiro atoms. The van der Waals surface area contributed by atoms with E-state index in [1.165, 1.54) is 12.1 Å². The Morgan fingerprint density at radius 1 is 1.25 bits per heavy atom. The van der Waals surface area contributed by atoms with Gasteiger partial charge < -0.3 is 10.0 Å². The molecule has 7 heteroatoms. The van der Waals surface area contributed by atoms with Crippen molar-refractivity contribution >= 4 is 21.7 Å². The number of carbonyl (C=O) groups excluding carboxylic acids is 1. The maximum atomic E-state index is 12.7. The Morgan fingerprint density at radius 3 is 2.54 bits per heavy atom. The van der Waals surface area contributed by atoms with Crippen LogP contribution < -0.4 is 0 Å². The number of carboxylic acid groups (broad SMARTS) is 1. The van der Waals surface area contributed by atoms with Gasteiger partial charge in [-0.2, -0.15) is 0 Å². The second-order valence-electron chi connectivity index (χ2n) is 6.59. The number of carboxylic acids is 1. The zero-order valence-electron chi connectivity index (χ0n) is 13.5. The van der Waals surface area contributed by atoms with Crippen LogP contribution in [0.4, 0.5) is 0 Å². The van der Waals surface area contributed by atoms with E-state index in [0.29, 0.717) is 18.0 Å². The van der Waals surface area contributed by atoms with Crippen LogP contribution in [0.3, 0.4) is 0 Å². The highest BCUT2D eigenvalue weighted by Gasteiger charge is 2.46. The number of likely N-dealkylation sites (tertiary alicyclic amines) is 1. The number of aliphatic carboxylic acids is 1. The SMILES string of the molecule is CCS(=O)(=O)c1cccc(C(=O)N2C[C@H](C(=O)O)[C@@H](C3CC3)C2)c1. The number of carbonyl (C=O) groups is 2. The standard InChI is InChI=1S/C17H21NO5S/c1-2-24(22,23)13-5-3-4-12(8-13)16(19)18-9-14(11-6-7-11)15(10-18)17(20)21/h3-5,8,11,14-15H,2,6-7,9-10H2,1H3,(H,20,21)/t14-,15+/m1/s1. The fourth-order valence-electron chi connectivity index (χ4n) is 3.43. The molecule has 1 aliphatic carbocycles. The van der Waals surface area contributed by atoms with Gasteiger partial charge in [-0.15, -0.1) is 0 Å². The number of nitrogens with zero attached hydrogens (tertiary/aromatic N) is 1. The second-order valence-corrected chi connectivity index (χ2v) is 8.87. The van der Waals surface area contributed by atoms with Gasteiger partial charge in [0.05, 0.1) is 16.6 Å². The van der Waals surface area contributed by atoms with E-state index in [-0.39, 0.29) is 29.0 Å². The van der Waals surface area contributed by atoms with Crippen LogP contribution in [0.2, 0.25) is 0 Å². The molecular weight excluding hydrogens is 330 g/mol. The number of rotatable bonds is 5. The van der Waals surface area contributed by atoms with Crippen molar-refractivity contribution in [1.29, 1.82) is 0 Å². The highest BCUT2D eigenvalue weighted by molar-refractivity contribution is 7.91. The molecule has 2 atom stereocenters. The molecule has 0 radical (unpaired) electrons. The molecule has 130 valence electrons. The van der Waals surface area contributed by atoms with Crippen LogP contribution in [0, 0.1) is 17.8 Å². The first kappa shape index (κ1) is 17.0. The Kier molecular flexibility index (Phi) is 4.38. The smallest absolute Gasteiger partial charge is 0.308 e. The van der Waals surface area contributed by atoms with E-state index < -0.39 is 21.7 Å². The predicted molar refractivity (Wildman–Crippen MR) is 87.4 cm³/mol. The summed E-state index contributed by atoms with van der Waals surface area (Å²) in [6.45, 7) is 2.19. The summed E-state index contributed by atoms with van der Waals surface area (Å²) in [5.41, 5.74) is 0.296. The van der Waals surface area contributed by atoms with Crippen LogP contribution in [-0.2, 0) is 14.6 Å². The zero-order valence-corrected chi connectivity index (χ0v) is 14.3. The van der Waals surface area contributed by atoms with Crippen molar-refractivity contribution in [3.05, 3.63) is 29.8 Å². The molecule has 6 nitrogen and oxygen atoms in total. The Balaban J connectivity index is 1.82. The Hall–Kier alpha value is -1.89. The minimum atomic E-state index is -3.38. The van der Waals surface area contributed by atoms with Gasteiger partial charge in [0, 0.05) is 18.7 Å². The molecule has 0 aromatic heterocycles. The van der Waals surface area contributed by atoms with Crippen molar-refractivity contribution in [2.24, 2.45) is 17.8 Å². The molecule has 1 heterocycles. The number of hydrogen-bond donors (Lipinski definition) is 1. The Morgan fingerprint density at radius 2 is 1.96 bits per heavy atom. The third-order valence-corrected chi connectivity index (χ3v) is 6.75. The third kappa shape index (κ3) is 3.17. The maximum Gasteiger partial charge on any atom is 0.308 e. The number of benzene rings is 1. The second kappa shape index (κ2) is 6.20. The van der Waals surface area contributed by atoms with Crippen molar-refractivity contribution in [2.45, 2.75) is 24.7 Å². The lowest BCUT2D eigenvalue weighted by molar-refractivity contribution is -0.142. The molecule has 1 saturated heterocycles. The lowest BCUT2D eigenvalue weighted by Crippen LogP contribution is -2.30. The molecule has 1 amide bonds. The van der Waals surface area contributed by atoms with E-state index >= 15 is 0 Å². The summed E-state index contributed by atoms with van der Waals surface area (Å²) < 4.78 is 24.0. The molecule has 1 saturated carbocycles. The van der Waals surface area contributed by atoms with Crippen molar-refractivity contribution in [3.8, 4) is 0 Å². The summed E-state index contributed by atoms with van der Waals surface area (Å²) in [7, 11) is -3.38. The van der Waals surface area contributed by atoms with Crippen molar-refractivity contribution < 1.29 is 23.1 Å². The van der Waals surface area contributed by atoms with Gasteiger partial charge >= 0.3 is 5.97 Å². The topological polar surface area (TPSA) is 91.8 Å². The van der Waals surface area contributed by atoms with Gasteiger partial charge in [0.15, 0.2) is 9.84 Å². The molecule has 2 fully saturated rings. The molecular formula is C17H21NO5S. The van der Waals surface area contributed by atoms with E-state index in [2.05, 4.69) is 0 Å². The first-order valence-electron chi connectivity index (χ1n) is 8.18. The van der Waals surface area contributed by atoms with Crippen molar-refractivity contribution in [1.82, 2.24) is 4.90 Å². The van der Waals surface area contributed by atoms with E-state index in [1.54, 1.807) is 24.0 Å². The number of sulfone groups is 1. The minimum Gasteiger partial charge on any atom is -0.481 e. The fourth-order valence-corrected chi connectivity index (χ4v) is 4.36. The lowest BCUT2D eigenvalue weighted by Gasteiger charge is -2.16. The van der Waals surface area contributed by atoms with Gasteiger partial charge in [0.25, 0.3) is 5.91 Å². The highest BCUT2D eigenvalue weighted by atomic mass is 32.2. The molecule has 0 bridgehead atoms. The van der Waals surface area contributed by atoms with E-state index in [1.807, 2.05) is 0 Å². The molecule has 24 heavy (non-hydrogen) atoms. The van der Waals surface area contributed by atoms with Gasteiger partial charge in [0.2, 0.25) is 0 Å². The van der Waals surface area contributed by atoms with Crippen LogP contribution in [0.5, 0.6) is 0 Å². The highest BCUT2D eigenvalue weighted by Crippen LogP contribution is 2.44. The van der Waals surface area contributed by atoms with Gasteiger partial charge in [0.1, 0.15) is 0 Å². The third-order valence-electron chi connectivity index (χ3n) is 5.02. The summed E-state index contributed by atoms with van der Waals surface area (Å²) in [5, 5.41) is 9.40. The van der Waals surface area contributed by atoms with Crippen LogP contribution in [-0.4, -0.2) is 49.1 Å². The van der Waals surface area contributed by atoms with Crippen molar-refractivity contribution in [3.63, 3.8) is 0 Å². The van der Waals surface area contributed by atoms with Gasteiger partial charge in [-0.25, -0.2) is 8.42 Å². The normalized spacial score (nSPS) is 24.1. The average Bonchev–Trinajstić information content (AvgIpc) is 3.32.